The molecule has 2 aromatic heterocycles. The molecule has 0 aliphatic rings. The van der Waals surface area contributed by atoms with E-state index in [4.69, 9.17) is 5.73 Å². The highest BCUT2D eigenvalue weighted by Crippen LogP contribution is 2.32. The highest BCUT2D eigenvalue weighted by molar-refractivity contribution is 7.19. The molecular weight excluding hydrogens is 331 g/mol. The Kier molecular flexibility index (Phi) is 4.72. The van der Waals surface area contributed by atoms with E-state index in [2.05, 4.69) is 0 Å². The molecule has 0 saturated heterocycles. The van der Waals surface area contributed by atoms with E-state index in [1.807, 2.05) is 0 Å². The van der Waals surface area contributed by atoms with Crippen LogP contribution in [0.15, 0.2) is 9.59 Å². The Bertz CT molecular complexity index is 846. The van der Waals surface area contributed by atoms with Gasteiger partial charge in [0.25, 0.3) is 5.56 Å². The Labute approximate surface area is 134 Å². The summed E-state index contributed by atoms with van der Waals surface area (Å²) in [6.45, 7) is 4.63. The van der Waals surface area contributed by atoms with Gasteiger partial charge in [0, 0.05) is 24.0 Å². The molecular formula is C14H18F3N3O2S. The zero-order valence-corrected chi connectivity index (χ0v) is 13.8. The van der Waals surface area contributed by atoms with E-state index in [1.165, 1.54) is 0 Å². The summed E-state index contributed by atoms with van der Waals surface area (Å²) in [5, 5.41) is 0.283. The normalized spacial score (nSPS) is 13.7. The lowest BCUT2D eigenvalue weighted by Gasteiger charge is -2.12. The summed E-state index contributed by atoms with van der Waals surface area (Å²) in [4.78, 5) is 25.8. The van der Waals surface area contributed by atoms with Gasteiger partial charge in [-0.2, -0.15) is 13.2 Å². The standard InChI is InChI=1S/C14H18F3N3O2S/c1-4-19-11(21)9-7(2)10(8(3)18)23-12(9)20(13(19)22)6-5-14(15,16)17/h8H,4-6,18H2,1-3H3. The monoisotopic (exact) mass is 349 g/mol. The maximum Gasteiger partial charge on any atom is 0.390 e. The van der Waals surface area contributed by atoms with Crippen LogP contribution in [0.2, 0.25) is 0 Å². The highest BCUT2D eigenvalue weighted by Gasteiger charge is 2.28. The van der Waals surface area contributed by atoms with Crippen molar-refractivity contribution in [1.82, 2.24) is 9.13 Å². The van der Waals surface area contributed by atoms with Crippen LogP contribution in [0.4, 0.5) is 13.2 Å². The third-order valence-corrected chi connectivity index (χ3v) is 5.20. The number of hydrogen-bond donors (Lipinski definition) is 1. The number of hydrogen-bond acceptors (Lipinski definition) is 4. The Morgan fingerprint density at radius 1 is 1.26 bits per heavy atom. The number of fused-ring (bicyclic) bond motifs is 1. The molecule has 0 aliphatic heterocycles. The lowest BCUT2D eigenvalue weighted by Crippen LogP contribution is -2.39. The first kappa shape index (κ1) is 17.7. The van der Waals surface area contributed by atoms with Crippen molar-refractivity contribution in [1.29, 1.82) is 0 Å². The van der Waals surface area contributed by atoms with Crippen LogP contribution in [-0.2, 0) is 13.1 Å². The van der Waals surface area contributed by atoms with E-state index in [1.54, 1.807) is 20.8 Å². The molecule has 1 unspecified atom stereocenters. The number of alkyl halides is 3. The fraction of sp³-hybridized carbons (Fsp3) is 0.571. The molecule has 2 rings (SSSR count). The number of rotatable bonds is 4. The van der Waals surface area contributed by atoms with Gasteiger partial charge in [0.2, 0.25) is 0 Å². The summed E-state index contributed by atoms with van der Waals surface area (Å²) in [5.74, 6) is 0. The third kappa shape index (κ3) is 3.20. The summed E-state index contributed by atoms with van der Waals surface area (Å²) >= 11 is 1.11. The summed E-state index contributed by atoms with van der Waals surface area (Å²) in [6, 6.07) is -0.368. The number of aromatic nitrogens is 2. The van der Waals surface area contributed by atoms with Gasteiger partial charge in [0.1, 0.15) is 4.83 Å². The number of thiophene rings is 1. The molecule has 128 valence electrons. The van der Waals surface area contributed by atoms with Gasteiger partial charge in [-0.25, -0.2) is 4.79 Å². The van der Waals surface area contributed by atoms with E-state index in [9.17, 15) is 22.8 Å². The largest absolute Gasteiger partial charge is 0.390 e. The molecule has 0 saturated carbocycles. The Hall–Kier alpha value is -1.61. The fourth-order valence-electron chi connectivity index (χ4n) is 2.56. The van der Waals surface area contributed by atoms with Crippen LogP contribution >= 0.6 is 11.3 Å². The van der Waals surface area contributed by atoms with E-state index >= 15 is 0 Å². The maximum atomic E-state index is 12.5. The van der Waals surface area contributed by atoms with E-state index in [-0.39, 0.29) is 22.8 Å². The van der Waals surface area contributed by atoms with Gasteiger partial charge in [0.15, 0.2) is 0 Å². The summed E-state index contributed by atoms with van der Waals surface area (Å²) in [7, 11) is 0. The van der Waals surface area contributed by atoms with Crippen molar-refractivity contribution in [2.45, 2.75) is 52.5 Å². The SMILES string of the molecule is CCn1c(=O)c2c(C)c(C(C)N)sc2n(CCC(F)(F)F)c1=O. The summed E-state index contributed by atoms with van der Waals surface area (Å²) in [5.41, 5.74) is 5.31. The van der Waals surface area contributed by atoms with Gasteiger partial charge in [-0.3, -0.25) is 13.9 Å². The smallest absolute Gasteiger partial charge is 0.323 e. The molecule has 23 heavy (non-hydrogen) atoms. The zero-order chi connectivity index (χ0) is 17.5. The summed E-state index contributed by atoms with van der Waals surface area (Å²) < 4.78 is 39.6. The van der Waals surface area contributed by atoms with Gasteiger partial charge in [-0.05, 0) is 26.3 Å². The first-order valence-corrected chi connectivity index (χ1v) is 7.99. The van der Waals surface area contributed by atoms with Crippen LogP contribution < -0.4 is 17.0 Å². The molecule has 0 radical (unpaired) electrons. The molecule has 0 aliphatic carbocycles. The maximum absolute atomic E-state index is 12.5. The minimum absolute atomic E-state index is 0.0996. The topological polar surface area (TPSA) is 70.0 Å². The molecule has 0 spiro atoms. The first-order chi connectivity index (χ1) is 10.6. The average molecular weight is 349 g/mol. The zero-order valence-electron chi connectivity index (χ0n) is 13.0. The van der Waals surface area contributed by atoms with Gasteiger partial charge in [-0.15, -0.1) is 11.3 Å². The van der Waals surface area contributed by atoms with Gasteiger partial charge in [-0.1, -0.05) is 0 Å². The second-order valence-electron chi connectivity index (χ2n) is 5.41. The predicted molar refractivity (Wildman–Crippen MR) is 84.0 cm³/mol. The second-order valence-corrected chi connectivity index (χ2v) is 6.44. The van der Waals surface area contributed by atoms with Gasteiger partial charge < -0.3 is 5.73 Å². The van der Waals surface area contributed by atoms with Crippen molar-refractivity contribution in [2.75, 3.05) is 0 Å². The number of aryl methyl sites for hydroxylation is 2. The molecule has 5 nitrogen and oxygen atoms in total. The molecule has 1 atom stereocenters. The Morgan fingerprint density at radius 2 is 1.87 bits per heavy atom. The lowest BCUT2D eigenvalue weighted by atomic mass is 10.1. The molecule has 2 heterocycles. The summed E-state index contributed by atoms with van der Waals surface area (Å²) in [6.07, 6.45) is -5.51. The highest BCUT2D eigenvalue weighted by atomic mass is 32.1. The first-order valence-electron chi connectivity index (χ1n) is 7.17. The molecule has 0 fully saturated rings. The van der Waals surface area contributed by atoms with Crippen LogP contribution in [-0.4, -0.2) is 15.3 Å². The molecule has 2 N–H and O–H groups in total. The van der Waals surface area contributed by atoms with Crippen LogP contribution in [0.3, 0.4) is 0 Å². The third-order valence-electron chi connectivity index (χ3n) is 3.68. The number of nitrogens with two attached hydrogens (primary N) is 1. The minimum Gasteiger partial charge on any atom is -0.323 e. The second kappa shape index (κ2) is 6.12. The van der Waals surface area contributed by atoms with Crippen molar-refractivity contribution >= 4 is 21.6 Å². The van der Waals surface area contributed by atoms with E-state index in [0.29, 0.717) is 10.4 Å². The van der Waals surface area contributed by atoms with Crippen molar-refractivity contribution in [3.63, 3.8) is 0 Å². The van der Waals surface area contributed by atoms with Crippen molar-refractivity contribution in [2.24, 2.45) is 5.73 Å². The van der Waals surface area contributed by atoms with E-state index in [0.717, 1.165) is 20.5 Å². The number of halogens is 3. The molecule has 9 heteroatoms. The minimum atomic E-state index is -4.38. The van der Waals surface area contributed by atoms with Crippen LogP contribution in [0.1, 0.15) is 36.8 Å². The van der Waals surface area contributed by atoms with Crippen LogP contribution in [0, 0.1) is 6.92 Å². The molecule has 0 bridgehead atoms. The molecule has 2 aromatic rings. The van der Waals surface area contributed by atoms with Gasteiger partial charge >= 0.3 is 11.9 Å². The Morgan fingerprint density at radius 3 is 2.35 bits per heavy atom. The molecule has 0 amide bonds. The van der Waals surface area contributed by atoms with Crippen LogP contribution in [0.25, 0.3) is 10.2 Å². The van der Waals surface area contributed by atoms with E-state index < -0.39 is 30.4 Å². The predicted octanol–water partition coefficient (Wildman–Crippen LogP) is 2.53. The Balaban J connectivity index is 2.81. The lowest BCUT2D eigenvalue weighted by molar-refractivity contribution is -0.136. The average Bonchev–Trinajstić information content (AvgIpc) is 2.76. The molecule has 0 aromatic carbocycles. The quantitative estimate of drug-likeness (QED) is 0.922. The van der Waals surface area contributed by atoms with Gasteiger partial charge in [0.05, 0.1) is 11.8 Å². The fourth-order valence-corrected chi connectivity index (χ4v) is 3.83. The van der Waals surface area contributed by atoms with Crippen molar-refractivity contribution in [3.8, 4) is 0 Å². The van der Waals surface area contributed by atoms with Crippen molar-refractivity contribution < 1.29 is 13.2 Å². The number of nitrogens with zero attached hydrogens (tertiary/aromatic N) is 2. The van der Waals surface area contributed by atoms with Crippen molar-refractivity contribution in [3.05, 3.63) is 31.3 Å². The van der Waals surface area contributed by atoms with Crippen LogP contribution in [0.5, 0.6) is 0 Å².